The SMILES string of the molecule is CC(C)(C)OC(=O)N1CCN(C(=O)C2(Oc3cccc(N4CCC[C@@H](C(=O)N(Cc5ccc(Br)cc5)C5CC5)C4)c3)CCCC2)CC1. The third kappa shape index (κ3) is 8.24. The number of carbonyl (C=O) groups excluding carboxylic acids is 3. The van der Waals surface area contributed by atoms with Gasteiger partial charge in [0.05, 0.1) is 5.92 Å². The van der Waals surface area contributed by atoms with E-state index in [4.69, 9.17) is 9.47 Å². The predicted molar refractivity (Wildman–Crippen MR) is 185 cm³/mol. The molecule has 2 aromatic rings. The van der Waals surface area contributed by atoms with Gasteiger partial charge in [0.2, 0.25) is 5.91 Å². The van der Waals surface area contributed by atoms with Gasteiger partial charge < -0.3 is 29.1 Å². The normalized spacial score (nSPS) is 21.4. The van der Waals surface area contributed by atoms with E-state index in [1.54, 1.807) is 4.90 Å². The number of carbonyl (C=O) groups is 3. The van der Waals surface area contributed by atoms with E-state index in [-0.39, 0.29) is 23.8 Å². The van der Waals surface area contributed by atoms with Crippen LogP contribution in [0.2, 0.25) is 0 Å². The molecule has 47 heavy (non-hydrogen) atoms. The van der Waals surface area contributed by atoms with Gasteiger partial charge in [0.1, 0.15) is 11.4 Å². The van der Waals surface area contributed by atoms with Gasteiger partial charge >= 0.3 is 6.09 Å². The van der Waals surface area contributed by atoms with Crippen LogP contribution in [0.15, 0.2) is 53.0 Å². The summed E-state index contributed by atoms with van der Waals surface area (Å²) in [4.78, 5) is 48.5. The van der Waals surface area contributed by atoms with Crippen LogP contribution in [0.5, 0.6) is 5.75 Å². The average Bonchev–Trinajstić information content (AvgIpc) is 3.80. The van der Waals surface area contributed by atoms with Crippen LogP contribution in [-0.4, -0.2) is 89.1 Å². The predicted octanol–water partition coefficient (Wildman–Crippen LogP) is 6.63. The van der Waals surface area contributed by atoms with E-state index in [1.807, 2.05) is 56.0 Å². The first-order valence-electron chi connectivity index (χ1n) is 17.4. The summed E-state index contributed by atoms with van der Waals surface area (Å²) in [7, 11) is 0. The van der Waals surface area contributed by atoms with Crippen LogP contribution in [0.1, 0.15) is 77.7 Å². The van der Waals surface area contributed by atoms with Crippen LogP contribution in [0.25, 0.3) is 0 Å². The highest BCUT2D eigenvalue weighted by atomic mass is 79.9. The zero-order chi connectivity index (χ0) is 33.2. The molecule has 2 aliphatic carbocycles. The molecule has 0 unspecified atom stereocenters. The third-order valence-corrected chi connectivity index (χ3v) is 10.4. The molecule has 6 rings (SSSR count). The Kier molecular flexibility index (Phi) is 10.1. The fourth-order valence-corrected chi connectivity index (χ4v) is 7.45. The van der Waals surface area contributed by atoms with Gasteiger partial charge in [-0.15, -0.1) is 0 Å². The van der Waals surface area contributed by atoms with E-state index in [9.17, 15) is 14.4 Å². The van der Waals surface area contributed by atoms with Gasteiger partial charge in [0, 0.05) is 68.1 Å². The van der Waals surface area contributed by atoms with Crippen molar-refractivity contribution in [2.75, 3.05) is 44.2 Å². The van der Waals surface area contributed by atoms with Crippen molar-refractivity contribution in [2.45, 2.75) is 95.9 Å². The second kappa shape index (κ2) is 14.1. The maximum absolute atomic E-state index is 14.0. The zero-order valence-electron chi connectivity index (χ0n) is 28.1. The topological polar surface area (TPSA) is 82.6 Å². The Morgan fingerprint density at radius 2 is 1.57 bits per heavy atom. The number of piperidine rings is 1. The fourth-order valence-electron chi connectivity index (χ4n) is 7.19. The van der Waals surface area contributed by atoms with E-state index in [0.717, 1.165) is 60.8 Å². The Labute approximate surface area is 287 Å². The second-order valence-electron chi connectivity index (χ2n) is 14.7. The molecule has 2 saturated carbocycles. The number of nitrogens with zero attached hydrogens (tertiary/aromatic N) is 4. The number of hydrogen-bond acceptors (Lipinski definition) is 6. The molecule has 2 saturated heterocycles. The summed E-state index contributed by atoms with van der Waals surface area (Å²) in [5.74, 6) is 0.911. The lowest BCUT2D eigenvalue weighted by atomic mass is 9.95. The van der Waals surface area contributed by atoms with Crippen LogP contribution in [0.3, 0.4) is 0 Å². The van der Waals surface area contributed by atoms with Crippen LogP contribution in [0, 0.1) is 5.92 Å². The lowest BCUT2D eigenvalue weighted by molar-refractivity contribution is -0.149. The van der Waals surface area contributed by atoms with Crippen molar-refractivity contribution in [2.24, 2.45) is 5.92 Å². The molecule has 1 atom stereocenters. The molecule has 0 aromatic heterocycles. The molecule has 2 heterocycles. The van der Waals surface area contributed by atoms with Crippen molar-refractivity contribution in [3.05, 3.63) is 58.6 Å². The van der Waals surface area contributed by atoms with E-state index in [1.165, 1.54) is 0 Å². The summed E-state index contributed by atoms with van der Waals surface area (Å²) in [6, 6.07) is 16.7. The van der Waals surface area contributed by atoms with E-state index in [2.05, 4.69) is 43.9 Å². The van der Waals surface area contributed by atoms with Gasteiger partial charge in [0.25, 0.3) is 5.91 Å². The van der Waals surface area contributed by atoms with E-state index >= 15 is 0 Å². The average molecular weight is 710 g/mol. The van der Waals surface area contributed by atoms with Crippen molar-refractivity contribution >= 4 is 39.5 Å². The molecular formula is C37H49BrN4O5. The number of benzene rings is 2. The minimum absolute atomic E-state index is 0.0128. The van der Waals surface area contributed by atoms with E-state index in [0.29, 0.717) is 63.9 Å². The Morgan fingerprint density at radius 3 is 2.23 bits per heavy atom. The third-order valence-electron chi connectivity index (χ3n) is 9.82. The number of halogens is 1. The molecule has 0 bridgehead atoms. The summed E-state index contributed by atoms with van der Waals surface area (Å²) >= 11 is 3.51. The summed E-state index contributed by atoms with van der Waals surface area (Å²) < 4.78 is 13.3. The summed E-state index contributed by atoms with van der Waals surface area (Å²) in [6.45, 7) is 9.62. The quantitative estimate of drug-likeness (QED) is 0.306. The number of anilines is 1. The van der Waals surface area contributed by atoms with Crippen LogP contribution < -0.4 is 9.64 Å². The summed E-state index contributed by atoms with van der Waals surface area (Å²) in [6.07, 6.45) is 6.92. The number of piperazine rings is 1. The number of rotatable bonds is 8. The highest BCUT2D eigenvalue weighted by molar-refractivity contribution is 9.10. The Morgan fingerprint density at radius 1 is 0.894 bits per heavy atom. The molecule has 3 amide bonds. The molecule has 4 fully saturated rings. The monoisotopic (exact) mass is 708 g/mol. The Bertz CT molecular complexity index is 1420. The first-order valence-corrected chi connectivity index (χ1v) is 18.2. The lowest BCUT2D eigenvalue weighted by Gasteiger charge is -2.40. The summed E-state index contributed by atoms with van der Waals surface area (Å²) in [5, 5.41) is 0. The van der Waals surface area contributed by atoms with Crippen molar-refractivity contribution in [3.63, 3.8) is 0 Å². The van der Waals surface area contributed by atoms with Gasteiger partial charge in [-0.25, -0.2) is 4.79 Å². The van der Waals surface area contributed by atoms with Gasteiger partial charge in [-0.3, -0.25) is 9.59 Å². The summed E-state index contributed by atoms with van der Waals surface area (Å²) in [5.41, 5.74) is 0.733. The maximum atomic E-state index is 14.0. The molecule has 0 spiro atoms. The van der Waals surface area contributed by atoms with Crippen LogP contribution in [0.4, 0.5) is 10.5 Å². The standard InChI is InChI=1S/C37H49BrN4O5/c1-36(2,3)47-35(45)40-22-20-39(21-23-40)34(44)37(17-4-5-18-37)46-32-10-6-9-31(24-32)41-19-7-8-28(26-41)33(43)42(30-15-16-30)25-27-11-13-29(38)14-12-27/h6,9-14,24,28,30H,4-5,7-8,15-23,25-26H2,1-3H3/t28-/m1/s1. The molecule has 2 aliphatic heterocycles. The van der Waals surface area contributed by atoms with Crippen LogP contribution >= 0.6 is 15.9 Å². The molecule has 9 nitrogen and oxygen atoms in total. The highest BCUT2D eigenvalue weighted by Gasteiger charge is 2.47. The molecule has 0 N–H and O–H groups in total. The van der Waals surface area contributed by atoms with Crippen molar-refractivity contribution in [1.82, 2.24) is 14.7 Å². The van der Waals surface area contributed by atoms with E-state index < -0.39 is 11.2 Å². The molecule has 254 valence electrons. The minimum Gasteiger partial charge on any atom is -0.477 e. The largest absolute Gasteiger partial charge is 0.477 e. The van der Waals surface area contributed by atoms with Gasteiger partial charge in [-0.1, -0.05) is 34.1 Å². The van der Waals surface area contributed by atoms with Gasteiger partial charge in [-0.2, -0.15) is 0 Å². The molecular weight excluding hydrogens is 660 g/mol. The maximum Gasteiger partial charge on any atom is 0.410 e. The fraction of sp³-hybridized carbons (Fsp3) is 0.595. The molecule has 0 radical (unpaired) electrons. The van der Waals surface area contributed by atoms with Gasteiger partial charge in [0.15, 0.2) is 5.60 Å². The zero-order valence-corrected chi connectivity index (χ0v) is 29.7. The van der Waals surface area contributed by atoms with Crippen LogP contribution in [-0.2, 0) is 20.9 Å². The first-order chi connectivity index (χ1) is 22.5. The molecule has 2 aromatic carbocycles. The smallest absolute Gasteiger partial charge is 0.410 e. The molecule has 10 heteroatoms. The number of ether oxygens (including phenoxy) is 2. The van der Waals surface area contributed by atoms with Crippen molar-refractivity contribution < 1.29 is 23.9 Å². The van der Waals surface area contributed by atoms with Crippen molar-refractivity contribution in [1.29, 1.82) is 0 Å². The number of hydrogen-bond donors (Lipinski definition) is 0. The minimum atomic E-state index is -0.898. The van der Waals surface area contributed by atoms with Crippen molar-refractivity contribution in [3.8, 4) is 5.75 Å². The second-order valence-corrected chi connectivity index (χ2v) is 15.6. The first kappa shape index (κ1) is 33.6. The molecule has 4 aliphatic rings. The Hall–Kier alpha value is -3.27. The Balaban J connectivity index is 1.09. The van der Waals surface area contributed by atoms with Gasteiger partial charge in [-0.05, 0) is 102 Å². The lowest BCUT2D eigenvalue weighted by Crippen LogP contribution is -2.58. The highest BCUT2D eigenvalue weighted by Crippen LogP contribution is 2.38. The number of amides is 3.